The van der Waals surface area contributed by atoms with E-state index in [-0.39, 0.29) is 12.4 Å². The summed E-state index contributed by atoms with van der Waals surface area (Å²) in [5.74, 6) is 0.0350. The van der Waals surface area contributed by atoms with Gasteiger partial charge >= 0.3 is 0 Å². The summed E-state index contributed by atoms with van der Waals surface area (Å²) in [5.41, 5.74) is 14.9. The van der Waals surface area contributed by atoms with Crippen molar-refractivity contribution < 1.29 is 5.21 Å². The highest BCUT2D eigenvalue weighted by Gasteiger charge is 1.99. The van der Waals surface area contributed by atoms with Gasteiger partial charge in [-0.1, -0.05) is 28.5 Å². The zero-order valence-electron chi connectivity index (χ0n) is 7.33. The molecule has 0 spiro atoms. The highest BCUT2D eigenvalue weighted by molar-refractivity contribution is 5.97. The Balaban J connectivity index is 2.94. The second-order valence-electron chi connectivity index (χ2n) is 2.57. The van der Waals surface area contributed by atoms with Crippen LogP contribution in [0, 0.1) is 0 Å². The first-order chi connectivity index (χ1) is 6.77. The van der Waals surface area contributed by atoms with Gasteiger partial charge in [-0.3, -0.25) is 0 Å². The lowest BCUT2D eigenvalue weighted by atomic mass is 10.1. The van der Waals surface area contributed by atoms with Crippen molar-refractivity contribution in [3.05, 3.63) is 45.8 Å². The van der Waals surface area contributed by atoms with Gasteiger partial charge in [0.15, 0.2) is 5.84 Å². The second kappa shape index (κ2) is 4.74. The van der Waals surface area contributed by atoms with Gasteiger partial charge < -0.3 is 10.9 Å². The number of hydrogen-bond acceptors (Lipinski definition) is 3. The molecule has 72 valence electrons. The van der Waals surface area contributed by atoms with E-state index in [0.717, 1.165) is 5.56 Å². The molecule has 6 heteroatoms. The summed E-state index contributed by atoms with van der Waals surface area (Å²) in [5, 5.41) is 14.7. The minimum Gasteiger partial charge on any atom is -0.409 e. The van der Waals surface area contributed by atoms with Gasteiger partial charge in [0, 0.05) is 10.5 Å². The van der Waals surface area contributed by atoms with E-state index in [1.54, 1.807) is 24.3 Å². The van der Waals surface area contributed by atoms with Crippen LogP contribution in [0.4, 0.5) is 0 Å². The molecule has 0 bridgehead atoms. The van der Waals surface area contributed by atoms with Crippen LogP contribution in [0.1, 0.15) is 11.1 Å². The molecule has 0 saturated heterocycles. The van der Waals surface area contributed by atoms with Crippen LogP contribution in [0.5, 0.6) is 0 Å². The quantitative estimate of drug-likeness (QED) is 0.144. The maximum Gasteiger partial charge on any atom is 0.170 e. The molecule has 0 fully saturated rings. The minimum absolute atomic E-state index is 0.0350. The molecule has 0 atom stereocenters. The van der Waals surface area contributed by atoms with Gasteiger partial charge in [0.1, 0.15) is 0 Å². The smallest absolute Gasteiger partial charge is 0.170 e. The Morgan fingerprint density at radius 3 is 3.00 bits per heavy atom. The summed E-state index contributed by atoms with van der Waals surface area (Å²) in [6.45, 7) is 0.253. The van der Waals surface area contributed by atoms with E-state index in [1.165, 1.54) is 0 Å². The number of amidine groups is 1. The van der Waals surface area contributed by atoms with Crippen molar-refractivity contribution in [3.8, 4) is 0 Å². The van der Waals surface area contributed by atoms with Crippen LogP contribution in [0.2, 0.25) is 0 Å². The largest absolute Gasteiger partial charge is 0.409 e. The molecule has 0 heterocycles. The molecule has 0 aliphatic heterocycles. The molecule has 0 aliphatic carbocycles. The number of nitrogens with zero attached hydrogens (tertiary/aromatic N) is 4. The SMILES string of the molecule is [N-]=[N+]=NCc1cccc(/C(N)=N/O)c1. The summed E-state index contributed by atoms with van der Waals surface area (Å²) in [4.78, 5) is 2.64. The van der Waals surface area contributed by atoms with E-state index in [2.05, 4.69) is 15.2 Å². The Kier molecular flexibility index (Phi) is 3.34. The fourth-order valence-electron chi connectivity index (χ4n) is 1.00. The Bertz CT molecular complexity index is 394. The Morgan fingerprint density at radius 2 is 2.36 bits per heavy atom. The topological polar surface area (TPSA) is 107 Å². The highest BCUT2D eigenvalue weighted by atomic mass is 16.4. The first-order valence-electron chi connectivity index (χ1n) is 3.85. The second-order valence-corrected chi connectivity index (χ2v) is 2.57. The Morgan fingerprint density at radius 1 is 1.57 bits per heavy atom. The van der Waals surface area contributed by atoms with Gasteiger partial charge in [0.2, 0.25) is 0 Å². The molecule has 0 amide bonds. The number of azide groups is 1. The van der Waals surface area contributed by atoms with E-state index in [1.807, 2.05) is 0 Å². The fraction of sp³-hybridized carbons (Fsp3) is 0.125. The van der Waals surface area contributed by atoms with Gasteiger partial charge in [0.05, 0.1) is 6.54 Å². The molecular formula is C8H9N5O. The van der Waals surface area contributed by atoms with Crippen LogP contribution in [0.25, 0.3) is 10.4 Å². The predicted molar refractivity (Wildman–Crippen MR) is 51.8 cm³/mol. The molecule has 3 N–H and O–H groups in total. The number of rotatable bonds is 3. The monoisotopic (exact) mass is 191 g/mol. The lowest BCUT2D eigenvalue weighted by Gasteiger charge is -2.00. The summed E-state index contributed by atoms with van der Waals surface area (Å²) in [6, 6.07) is 6.94. The molecule has 0 saturated carbocycles. The van der Waals surface area contributed by atoms with Crippen LogP contribution in [-0.4, -0.2) is 11.0 Å². The molecule has 0 aromatic heterocycles. The highest BCUT2D eigenvalue weighted by Crippen LogP contribution is 2.06. The van der Waals surface area contributed by atoms with Crippen LogP contribution < -0.4 is 5.73 Å². The van der Waals surface area contributed by atoms with Gasteiger partial charge in [-0.05, 0) is 17.2 Å². The van der Waals surface area contributed by atoms with Gasteiger partial charge in [-0.2, -0.15) is 0 Å². The van der Waals surface area contributed by atoms with Gasteiger partial charge in [-0.15, -0.1) is 0 Å². The summed E-state index contributed by atoms with van der Waals surface area (Å²) >= 11 is 0. The van der Waals surface area contributed by atoms with Crippen molar-refractivity contribution >= 4 is 5.84 Å². The van der Waals surface area contributed by atoms with Crippen LogP contribution in [0.15, 0.2) is 34.5 Å². The predicted octanol–water partition coefficient (Wildman–Crippen LogP) is 1.59. The lowest BCUT2D eigenvalue weighted by Crippen LogP contribution is -2.13. The third kappa shape index (κ3) is 2.40. The molecule has 14 heavy (non-hydrogen) atoms. The maximum atomic E-state index is 8.44. The molecular weight excluding hydrogens is 182 g/mol. The zero-order chi connectivity index (χ0) is 10.4. The van der Waals surface area contributed by atoms with E-state index < -0.39 is 0 Å². The minimum atomic E-state index is 0.0350. The third-order valence-corrected chi connectivity index (χ3v) is 1.65. The van der Waals surface area contributed by atoms with E-state index in [9.17, 15) is 0 Å². The van der Waals surface area contributed by atoms with Gasteiger partial charge in [0.25, 0.3) is 0 Å². The van der Waals surface area contributed by atoms with Crippen molar-refractivity contribution in [1.29, 1.82) is 0 Å². The van der Waals surface area contributed by atoms with Crippen molar-refractivity contribution in [3.63, 3.8) is 0 Å². The molecule has 0 unspecified atom stereocenters. The van der Waals surface area contributed by atoms with Gasteiger partial charge in [-0.25, -0.2) is 0 Å². The van der Waals surface area contributed by atoms with E-state index >= 15 is 0 Å². The number of benzene rings is 1. The molecule has 1 aromatic rings. The third-order valence-electron chi connectivity index (χ3n) is 1.65. The molecule has 1 aromatic carbocycles. The fourth-order valence-corrected chi connectivity index (χ4v) is 1.00. The van der Waals surface area contributed by atoms with E-state index in [4.69, 9.17) is 16.5 Å². The van der Waals surface area contributed by atoms with Crippen molar-refractivity contribution in [1.82, 2.24) is 0 Å². The molecule has 0 radical (unpaired) electrons. The molecule has 6 nitrogen and oxygen atoms in total. The lowest BCUT2D eigenvalue weighted by molar-refractivity contribution is 0.318. The maximum absolute atomic E-state index is 8.44. The first kappa shape index (κ1) is 9.88. The summed E-state index contributed by atoms with van der Waals surface area (Å²) < 4.78 is 0. The summed E-state index contributed by atoms with van der Waals surface area (Å²) in [6.07, 6.45) is 0. The van der Waals surface area contributed by atoms with Crippen LogP contribution in [0.3, 0.4) is 0 Å². The Hall–Kier alpha value is -2.20. The molecule has 1 rings (SSSR count). The average Bonchev–Trinajstić information content (AvgIpc) is 2.25. The number of nitrogens with two attached hydrogens (primary N) is 1. The molecule has 0 aliphatic rings. The van der Waals surface area contributed by atoms with Crippen molar-refractivity contribution in [2.45, 2.75) is 6.54 Å². The van der Waals surface area contributed by atoms with Crippen LogP contribution >= 0.6 is 0 Å². The van der Waals surface area contributed by atoms with Crippen LogP contribution in [-0.2, 0) is 6.54 Å². The summed E-state index contributed by atoms with van der Waals surface area (Å²) in [7, 11) is 0. The van der Waals surface area contributed by atoms with Crippen molar-refractivity contribution in [2.24, 2.45) is 16.0 Å². The average molecular weight is 191 g/mol. The number of hydrogen-bond donors (Lipinski definition) is 2. The van der Waals surface area contributed by atoms with E-state index in [0.29, 0.717) is 5.56 Å². The standard InChI is InChI=1S/C8H9N5O/c9-8(12-14)7-3-1-2-6(4-7)5-11-13-10/h1-4,14H,5H2,(H2,9,12). The van der Waals surface area contributed by atoms with Crippen molar-refractivity contribution in [2.75, 3.05) is 0 Å². The first-order valence-corrected chi connectivity index (χ1v) is 3.85. The zero-order valence-corrected chi connectivity index (χ0v) is 7.33. The Labute approximate surface area is 80.3 Å². The number of oxime groups is 1. The normalized spacial score (nSPS) is 10.7.